The van der Waals surface area contributed by atoms with E-state index in [0.717, 1.165) is 63.2 Å². The standard InChI is InChI=1S/C22H31N5O3/c1-30-13-12-27-16-23-20-14-18(6-7-19(20)22(27)29)26-10-8-25(9-11-26)15-17-4-2-3-5-21(28)24-17/h6-7,14,16-17H,2-5,8-13,15H2,1H3,(H,24,28). The SMILES string of the molecule is COCCn1cnc2cc(N3CCN(CC4CCCCC(=O)N4)CC3)ccc2c1=O. The van der Waals surface area contributed by atoms with Crippen LogP contribution in [0.4, 0.5) is 5.69 Å². The van der Waals surface area contributed by atoms with Crippen LogP contribution in [0.5, 0.6) is 0 Å². The Bertz CT molecular complexity index is 936. The zero-order valence-electron chi connectivity index (χ0n) is 17.7. The van der Waals surface area contributed by atoms with Crippen LogP contribution in [0.15, 0.2) is 29.3 Å². The summed E-state index contributed by atoms with van der Waals surface area (Å²) < 4.78 is 6.65. The number of anilines is 1. The van der Waals surface area contributed by atoms with Crippen molar-refractivity contribution in [1.82, 2.24) is 19.8 Å². The molecular weight excluding hydrogens is 382 g/mol. The van der Waals surface area contributed by atoms with E-state index in [-0.39, 0.29) is 17.5 Å². The lowest BCUT2D eigenvalue weighted by Crippen LogP contribution is -2.51. The van der Waals surface area contributed by atoms with Crippen LogP contribution in [-0.4, -0.2) is 72.8 Å². The molecule has 4 rings (SSSR count). The number of nitrogens with one attached hydrogen (secondary N) is 1. The van der Waals surface area contributed by atoms with Gasteiger partial charge >= 0.3 is 0 Å². The second-order valence-electron chi connectivity index (χ2n) is 8.24. The van der Waals surface area contributed by atoms with Crippen molar-refractivity contribution < 1.29 is 9.53 Å². The number of fused-ring (bicyclic) bond motifs is 1. The number of methoxy groups -OCH3 is 1. The average molecular weight is 414 g/mol. The molecule has 1 atom stereocenters. The Hall–Kier alpha value is -2.45. The number of carbonyl (C=O) groups is 1. The summed E-state index contributed by atoms with van der Waals surface area (Å²) in [6, 6.07) is 6.19. The van der Waals surface area contributed by atoms with E-state index in [1.165, 1.54) is 0 Å². The van der Waals surface area contributed by atoms with Crippen molar-refractivity contribution in [3.8, 4) is 0 Å². The fourth-order valence-corrected chi connectivity index (χ4v) is 4.38. The van der Waals surface area contributed by atoms with Gasteiger partial charge in [0.1, 0.15) is 0 Å². The van der Waals surface area contributed by atoms with Crippen molar-refractivity contribution in [3.05, 3.63) is 34.9 Å². The van der Waals surface area contributed by atoms with Crippen LogP contribution in [0.2, 0.25) is 0 Å². The number of nitrogens with zero attached hydrogens (tertiary/aromatic N) is 4. The van der Waals surface area contributed by atoms with Crippen molar-refractivity contribution in [2.24, 2.45) is 0 Å². The summed E-state index contributed by atoms with van der Waals surface area (Å²) in [6.07, 6.45) is 5.47. The lowest BCUT2D eigenvalue weighted by molar-refractivity contribution is -0.121. The molecule has 1 N–H and O–H groups in total. The van der Waals surface area contributed by atoms with Gasteiger partial charge in [-0.1, -0.05) is 6.42 Å². The van der Waals surface area contributed by atoms with Gasteiger partial charge in [-0.05, 0) is 31.0 Å². The van der Waals surface area contributed by atoms with E-state index in [1.54, 1.807) is 18.0 Å². The molecule has 8 nitrogen and oxygen atoms in total. The topological polar surface area (TPSA) is 79.7 Å². The number of benzene rings is 1. The minimum atomic E-state index is -0.0288. The molecule has 1 aromatic carbocycles. The lowest BCUT2D eigenvalue weighted by atomic mass is 10.1. The van der Waals surface area contributed by atoms with Crippen LogP contribution in [0.1, 0.15) is 25.7 Å². The number of amides is 1. The number of carbonyl (C=O) groups excluding carboxylic acids is 1. The highest BCUT2D eigenvalue weighted by atomic mass is 16.5. The smallest absolute Gasteiger partial charge is 0.261 e. The number of rotatable bonds is 6. The van der Waals surface area contributed by atoms with Gasteiger partial charge in [-0.15, -0.1) is 0 Å². The molecule has 2 saturated heterocycles. The molecule has 2 aliphatic heterocycles. The van der Waals surface area contributed by atoms with E-state index >= 15 is 0 Å². The monoisotopic (exact) mass is 413 g/mol. The summed E-state index contributed by atoms with van der Waals surface area (Å²) in [6.45, 7) is 5.71. The minimum Gasteiger partial charge on any atom is -0.383 e. The second kappa shape index (κ2) is 9.57. The van der Waals surface area contributed by atoms with Crippen molar-refractivity contribution >= 4 is 22.5 Å². The predicted octanol–water partition coefficient (Wildman–Crippen LogP) is 1.22. The third-order valence-corrected chi connectivity index (χ3v) is 6.13. The van der Waals surface area contributed by atoms with Crippen molar-refractivity contribution in [3.63, 3.8) is 0 Å². The van der Waals surface area contributed by atoms with Crippen molar-refractivity contribution in [2.75, 3.05) is 51.3 Å². The van der Waals surface area contributed by atoms with Crippen LogP contribution in [0, 0.1) is 0 Å². The normalized spacial score (nSPS) is 20.9. The molecule has 1 aromatic heterocycles. The molecule has 0 radical (unpaired) electrons. The van der Waals surface area contributed by atoms with Gasteiger partial charge in [0.25, 0.3) is 5.56 Å². The van der Waals surface area contributed by atoms with E-state index in [9.17, 15) is 9.59 Å². The molecule has 1 amide bonds. The molecule has 1 unspecified atom stereocenters. The summed E-state index contributed by atoms with van der Waals surface area (Å²) in [5.74, 6) is 0.195. The summed E-state index contributed by atoms with van der Waals surface area (Å²) in [5.41, 5.74) is 1.81. The second-order valence-corrected chi connectivity index (χ2v) is 8.24. The molecule has 162 valence electrons. The highest BCUT2D eigenvalue weighted by Gasteiger charge is 2.23. The number of ether oxygens (including phenoxy) is 1. The number of aromatic nitrogens is 2. The first-order chi connectivity index (χ1) is 14.6. The first-order valence-corrected chi connectivity index (χ1v) is 10.9. The summed E-state index contributed by atoms with van der Waals surface area (Å²) >= 11 is 0. The third kappa shape index (κ3) is 4.82. The van der Waals surface area contributed by atoms with Gasteiger partial charge in [0.2, 0.25) is 5.91 Å². The molecular formula is C22H31N5O3. The predicted molar refractivity (Wildman–Crippen MR) is 117 cm³/mol. The Balaban J connectivity index is 1.38. The molecule has 0 bridgehead atoms. The van der Waals surface area contributed by atoms with Gasteiger partial charge in [-0.3, -0.25) is 19.1 Å². The van der Waals surface area contributed by atoms with Gasteiger partial charge in [-0.2, -0.15) is 0 Å². The zero-order chi connectivity index (χ0) is 20.9. The van der Waals surface area contributed by atoms with Crippen molar-refractivity contribution in [2.45, 2.75) is 38.3 Å². The highest BCUT2D eigenvalue weighted by Crippen LogP contribution is 2.21. The Morgan fingerprint density at radius 2 is 2.00 bits per heavy atom. The third-order valence-electron chi connectivity index (χ3n) is 6.13. The maximum atomic E-state index is 12.6. The van der Waals surface area contributed by atoms with Crippen LogP contribution in [-0.2, 0) is 16.1 Å². The van der Waals surface area contributed by atoms with E-state index in [0.29, 0.717) is 25.0 Å². The Labute approximate surface area is 176 Å². The van der Waals surface area contributed by atoms with Crippen molar-refractivity contribution in [1.29, 1.82) is 0 Å². The fraction of sp³-hybridized carbons (Fsp3) is 0.591. The summed E-state index contributed by atoms with van der Waals surface area (Å²) in [4.78, 5) is 33.7. The fourth-order valence-electron chi connectivity index (χ4n) is 4.38. The van der Waals surface area contributed by atoms with Crippen LogP contribution < -0.4 is 15.8 Å². The minimum absolute atomic E-state index is 0.0288. The zero-order valence-corrected chi connectivity index (χ0v) is 17.7. The highest BCUT2D eigenvalue weighted by molar-refractivity contribution is 5.81. The molecule has 3 heterocycles. The van der Waals surface area contributed by atoms with E-state index in [2.05, 4.69) is 20.1 Å². The average Bonchev–Trinajstić information content (AvgIpc) is 2.97. The quantitative estimate of drug-likeness (QED) is 0.767. The molecule has 2 aromatic rings. The van der Waals surface area contributed by atoms with Gasteiger partial charge in [0.05, 0.1) is 30.4 Å². The maximum Gasteiger partial charge on any atom is 0.261 e. The Kier molecular flexibility index (Phi) is 6.64. The number of hydrogen-bond acceptors (Lipinski definition) is 6. The van der Waals surface area contributed by atoms with E-state index in [1.807, 2.05) is 18.2 Å². The van der Waals surface area contributed by atoms with Gasteiger partial charge in [0, 0.05) is 58.0 Å². The van der Waals surface area contributed by atoms with Gasteiger partial charge in [-0.25, -0.2) is 4.98 Å². The summed E-state index contributed by atoms with van der Waals surface area (Å²) in [5, 5.41) is 3.81. The van der Waals surface area contributed by atoms with Crippen LogP contribution >= 0.6 is 0 Å². The largest absolute Gasteiger partial charge is 0.383 e. The van der Waals surface area contributed by atoms with E-state index in [4.69, 9.17) is 4.74 Å². The molecule has 0 aliphatic carbocycles. The van der Waals surface area contributed by atoms with Crippen LogP contribution in [0.3, 0.4) is 0 Å². The Morgan fingerprint density at radius 3 is 2.80 bits per heavy atom. The first kappa shape index (κ1) is 20.8. The van der Waals surface area contributed by atoms with Gasteiger partial charge < -0.3 is 15.0 Å². The summed E-state index contributed by atoms with van der Waals surface area (Å²) in [7, 11) is 1.62. The number of hydrogen-bond donors (Lipinski definition) is 1. The van der Waals surface area contributed by atoms with Gasteiger partial charge in [0.15, 0.2) is 0 Å². The molecule has 8 heteroatoms. The molecule has 0 saturated carbocycles. The maximum absolute atomic E-state index is 12.6. The lowest BCUT2D eigenvalue weighted by Gasteiger charge is -2.37. The molecule has 30 heavy (non-hydrogen) atoms. The Morgan fingerprint density at radius 1 is 1.17 bits per heavy atom. The van der Waals surface area contributed by atoms with E-state index < -0.39 is 0 Å². The molecule has 2 aliphatic rings. The molecule has 2 fully saturated rings. The number of piperazine rings is 1. The van der Waals surface area contributed by atoms with Crippen LogP contribution in [0.25, 0.3) is 10.9 Å². The molecule has 0 spiro atoms. The first-order valence-electron chi connectivity index (χ1n) is 10.9.